The molecule has 0 aromatic heterocycles. The number of hydrogen-bond donors (Lipinski definition) is 9. The minimum atomic E-state index is -0.975. The maximum absolute atomic E-state index is 13.4. The van der Waals surface area contributed by atoms with Crippen molar-refractivity contribution in [2.45, 2.75) is 174 Å². The zero-order valence-electron chi connectivity index (χ0n) is 58.7. The van der Waals surface area contributed by atoms with Gasteiger partial charge in [-0.25, -0.2) is 0 Å². The Bertz CT molecular complexity index is 3070. The third kappa shape index (κ3) is 31.7. The molecule has 9 N–H and O–H groups in total. The molecule has 9 amide bonds. The van der Waals surface area contributed by atoms with Crippen LogP contribution in [0, 0.1) is 35.5 Å². The van der Waals surface area contributed by atoms with Crippen molar-refractivity contribution in [1.29, 1.82) is 0 Å². The Kier molecular flexibility index (Phi) is 38.2. The van der Waals surface area contributed by atoms with E-state index < -0.39 is 138 Å². The number of ether oxygens (including phenoxy) is 3. The number of Topliss-reactive ketones (excluding diaryl/α,β-unsaturated/α-hetero) is 3. The van der Waals surface area contributed by atoms with Crippen molar-refractivity contribution in [1.82, 2.24) is 47.9 Å². The minimum absolute atomic E-state index is 0.0191. The summed E-state index contributed by atoms with van der Waals surface area (Å²) in [5.74, 6) is -6.29. The Balaban J connectivity index is 0.000000277. The Labute approximate surface area is 619 Å². The quantitative estimate of drug-likeness (QED) is 0.0864. The molecule has 0 aliphatic carbocycles. The van der Waals surface area contributed by atoms with E-state index in [0.717, 1.165) is 22.8 Å². The number of carbonyl (C=O) groups excluding carboxylic acids is 15. The van der Waals surface area contributed by atoms with Crippen LogP contribution >= 0.6 is 64.8 Å². The lowest BCUT2D eigenvalue weighted by molar-refractivity contribution is -0.149. The minimum Gasteiger partial charge on any atom is -0.456 e. The summed E-state index contributed by atoms with van der Waals surface area (Å²) < 4.78 is 16.3. The van der Waals surface area contributed by atoms with Gasteiger partial charge in [0.05, 0.1) is 0 Å². The summed E-state index contributed by atoms with van der Waals surface area (Å²) in [7, 11) is 9.00. The molecule has 0 saturated carbocycles. The first-order valence-corrected chi connectivity index (χ1v) is 41.6. The predicted molar refractivity (Wildman–Crippen MR) is 395 cm³/mol. The van der Waals surface area contributed by atoms with Crippen molar-refractivity contribution in [2.24, 2.45) is 35.5 Å². The van der Waals surface area contributed by atoms with Gasteiger partial charge >= 0.3 is 17.9 Å². The Morgan fingerprint density at radius 3 is 1.01 bits per heavy atom. The molecule has 27 nitrogen and oxygen atoms in total. The van der Waals surface area contributed by atoms with Crippen LogP contribution < -0.4 is 47.9 Å². The van der Waals surface area contributed by atoms with Crippen LogP contribution in [0.5, 0.6) is 0 Å². The zero-order valence-corrected chi connectivity index (χ0v) is 63.6. The highest BCUT2D eigenvalue weighted by molar-refractivity contribution is 8.77. The van der Waals surface area contributed by atoms with Crippen molar-refractivity contribution in [3.8, 4) is 0 Å². The van der Waals surface area contributed by atoms with Crippen molar-refractivity contribution in [3.63, 3.8) is 0 Å². The van der Waals surface area contributed by atoms with E-state index in [1.807, 2.05) is 90.1 Å². The van der Waals surface area contributed by atoms with E-state index in [-0.39, 0.29) is 111 Å². The summed E-state index contributed by atoms with van der Waals surface area (Å²) in [5.41, 5.74) is 0.824. The largest absolute Gasteiger partial charge is 0.456 e. The van der Waals surface area contributed by atoms with Gasteiger partial charge in [0.25, 0.3) is 0 Å². The molecule has 3 fully saturated rings. The second-order valence-electron chi connectivity index (χ2n) is 26.0. The molecule has 6 bridgehead atoms. The van der Waals surface area contributed by atoms with Gasteiger partial charge in [-0.3, -0.25) is 71.9 Å². The summed E-state index contributed by atoms with van der Waals surface area (Å²) >= 11 is 0. The van der Waals surface area contributed by atoms with Gasteiger partial charge in [0, 0.05) is 97.2 Å². The van der Waals surface area contributed by atoms with Gasteiger partial charge in [0.1, 0.15) is 91.5 Å². The first-order valence-electron chi connectivity index (χ1n) is 34.1. The molecular weight excluding hydrogens is 1440 g/mol. The number of carbonyl (C=O) groups is 15. The lowest BCUT2D eigenvalue weighted by atomic mass is 9.88. The van der Waals surface area contributed by atoms with Gasteiger partial charge in [-0.2, -0.15) is 0 Å². The zero-order chi connectivity index (χ0) is 74.8. The summed E-state index contributed by atoms with van der Waals surface area (Å²) in [6.07, 6.45) is 10.2. The fraction of sp³-hybridized carbons (Fsp3) is 0.609. The van der Waals surface area contributed by atoms with Crippen molar-refractivity contribution in [3.05, 3.63) is 72.4 Å². The lowest BCUT2D eigenvalue weighted by Gasteiger charge is -2.26. The second-order valence-corrected chi connectivity index (χ2v) is 33.9. The molecule has 0 unspecified atom stereocenters. The third-order valence-corrected chi connectivity index (χ3v) is 23.9. The smallest absolute Gasteiger partial charge is 0.326 e. The summed E-state index contributed by atoms with van der Waals surface area (Å²) in [6.45, 7) is 12.9. The first-order chi connectivity index (χ1) is 48.6. The molecule has 562 valence electrons. The van der Waals surface area contributed by atoms with E-state index in [2.05, 4.69) is 47.9 Å². The van der Waals surface area contributed by atoms with Crippen LogP contribution in [0.3, 0.4) is 0 Å². The van der Waals surface area contributed by atoms with Crippen LogP contribution in [0.4, 0.5) is 0 Å². The fourth-order valence-electron chi connectivity index (χ4n) is 10.6. The van der Waals surface area contributed by atoms with Crippen molar-refractivity contribution >= 4 is 153 Å². The van der Waals surface area contributed by atoms with Crippen LogP contribution in [-0.4, -0.2) is 197 Å². The first kappa shape index (κ1) is 85.8. The Morgan fingerprint density at radius 1 is 0.373 bits per heavy atom. The van der Waals surface area contributed by atoms with E-state index in [1.54, 1.807) is 50.6 Å². The van der Waals surface area contributed by atoms with E-state index in [9.17, 15) is 71.9 Å². The van der Waals surface area contributed by atoms with E-state index in [0.29, 0.717) is 30.8 Å². The highest BCUT2D eigenvalue weighted by Crippen LogP contribution is 2.29. The maximum Gasteiger partial charge on any atom is 0.326 e. The molecule has 102 heavy (non-hydrogen) atoms. The van der Waals surface area contributed by atoms with Crippen LogP contribution in [0.1, 0.15) is 119 Å². The average Bonchev–Trinajstić information content (AvgIpc) is 1.17. The second kappa shape index (κ2) is 45.4. The summed E-state index contributed by atoms with van der Waals surface area (Å²) in [6, 6.07) is 3.78. The maximum atomic E-state index is 13.4. The topological polar surface area (TPSA) is 392 Å². The number of rotatable bonds is 5. The molecule has 0 spiro atoms. The predicted octanol–water partition coefficient (Wildman–Crippen LogP) is 4.16. The summed E-state index contributed by atoms with van der Waals surface area (Å²) in [5, 5.41) is 23.8. The lowest BCUT2D eigenvalue weighted by Crippen LogP contribution is -2.56. The fourth-order valence-corrected chi connectivity index (χ4v) is 17.1. The van der Waals surface area contributed by atoms with Crippen LogP contribution in [-0.2, 0) is 92.5 Å². The highest BCUT2D eigenvalue weighted by atomic mass is 33.1. The number of hydrogen-bond acceptors (Lipinski definition) is 24. The number of esters is 3. The molecule has 0 radical (unpaired) electrons. The van der Waals surface area contributed by atoms with E-state index in [1.165, 1.54) is 46.2 Å². The molecule has 7 rings (SSSR count). The van der Waals surface area contributed by atoms with Gasteiger partial charge in [-0.15, -0.1) is 0 Å². The number of allylic oxidation sites excluding steroid dienone is 3. The number of nitrogens with one attached hydrogen (secondary N) is 9. The number of fused-ring (bicyclic) bond motifs is 21. The molecule has 12 atom stereocenters. The molecule has 3 saturated heterocycles. The van der Waals surface area contributed by atoms with Gasteiger partial charge in [0.15, 0.2) is 0 Å². The number of amides is 9. The SMILES string of the molecule is CC(C)[C@H]1CC(=O)C[C@H]2/C=C/CCSSC[C@@H](NC1=O)C(=O)N[C@@H](C)C(=O)NCC(=O)O2.CC(C)[C@H]1CC(=O)C[C@H]2/C=C/CCSSC[C@@H](NC1=O)C(=O)N[C@H](C)C(=O)NCC(=O)O2.CC(C)[C@H]1CC(=O)C[C@H]2/C=C/CCSSC[C@@H](NC1=O)C(=O)N[C@H](Cc1ccccc1)C(=O)NCC(=O)O2. The van der Waals surface area contributed by atoms with Gasteiger partial charge in [-0.1, -0.05) is 155 Å². The Morgan fingerprint density at radius 2 is 0.686 bits per heavy atom. The number of benzene rings is 1. The average molecular weight is 1530 g/mol. The highest BCUT2D eigenvalue weighted by Gasteiger charge is 2.37. The molecule has 1 aromatic carbocycles. The molecular formula is C69H97N9O18S6. The monoisotopic (exact) mass is 1530 g/mol. The van der Waals surface area contributed by atoms with Gasteiger partial charge in [0.2, 0.25) is 53.2 Å². The molecule has 6 aliphatic heterocycles. The summed E-state index contributed by atoms with van der Waals surface area (Å²) in [4.78, 5) is 192. The molecule has 1 aromatic rings. The van der Waals surface area contributed by atoms with E-state index >= 15 is 0 Å². The van der Waals surface area contributed by atoms with Crippen molar-refractivity contribution in [2.75, 3.05) is 54.2 Å². The van der Waals surface area contributed by atoms with Crippen molar-refractivity contribution < 1.29 is 86.1 Å². The normalized spacial score (nSPS) is 29.4. The molecule has 6 heterocycles. The molecule has 33 heteroatoms. The van der Waals surface area contributed by atoms with Gasteiger partial charge < -0.3 is 62.1 Å². The molecule has 6 aliphatic rings. The standard InChI is InChI=1S/C27H35N3O6S2.2C21H31N3O6S2/c1-17(2)21-14-19(31)13-20-10-6-7-11-37-38-16-23(30-25(21)33)27(35)29-22(12-18-8-4-3-5-9-18)26(34)28-15-24(32)36-20;2*1-12(2)16-9-14(25)8-15-6-4-5-7-31-32-11-17(24-20(16)28)21(29)23-13(3)19(27)22-10-18(26)30-15/h3-6,8-10,17,20-23H,7,11-16H2,1-2H3,(H,28,34)(H,29,35)(H,30,33);2*4,6,12-13,15-17H,5,7-11H2,1-3H3,(H,22,27)(H,23,29)(H,24,28)/b10-6+;2*6-4+/t20-,21-,22-,23-;13-,15+,16+,17+;13-,15-,16-,17-/m101/s1. The Hall–Kier alpha value is -6.81. The van der Waals surface area contributed by atoms with Crippen LogP contribution in [0.2, 0.25) is 0 Å². The third-order valence-electron chi connectivity index (χ3n) is 16.6. The van der Waals surface area contributed by atoms with Crippen LogP contribution in [0.25, 0.3) is 0 Å². The van der Waals surface area contributed by atoms with Gasteiger partial charge in [-0.05, 0) is 74.7 Å². The van der Waals surface area contributed by atoms with E-state index in [4.69, 9.17) is 14.2 Å². The van der Waals surface area contributed by atoms with Crippen LogP contribution in [0.15, 0.2) is 66.8 Å². The number of ketones is 3.